The molecule has 2 aromatic carbocycles. The van der Waals surface area contributed by atoms with Crippen molar-refractivity contribution >= 4 is 21.6 Å². The third kappa shape index (κ3) is 3.17. The summed E-state index contributed by atoms with van der Waals surface area (Å²) < 4.78 is 1.17. The maximum Gasteiger partial charge on any atom is 0.0349 e. The molecule has 5 rings (SSSR count). The Morgan fingerprint density at radius 3 is 2.83 bits per heavy atom. The van der Waals surface area contributed by atoms with Gasteiger partial charge in [0.15, 0.2) is 0 Å². The van der Waals surface area contributed by atoms with Crippen LogP contribution in [0.4, 0.5) is 5.69 Å². The number of nitrogens with two attached hydrogens (primary N) is 1. The molecule has 3 aliphatic rings. The molecule has 2 heterocycles. The van der Waals surface area contributed by atoms with Gasteiger partial charge in [-0.25, -0.2) is 0 Å². The molecule has 0 amide bonds. The van der Waals surface area contributed by atoms with Crippen molar-refractivity contribution in [2.75, 3.05) is 12.3 Å². The Morgan fingerprint density at radius 1 is 1.09 bits per heavy atom. The van der Waals surface area contributed by atoms with E-state index in [0.29, 0.717) is 6.04 Å². The monoisotopic (exact) mass is 370 g/mol. The van der Waals surface area contributed by atoms with E-state index in [4.69, 9.17) is 5.73 Å². The van der Waals surface area contributed by atoms with E-state index in [-0.39, 0.29) is 0 Å². The second kappa shape index (κ2) is 6.29. The molecule has 2 bridgehead atoms. The van der Waals surface area contributed by atoms with Crippen LogP contribution in [0.1, 0.15) is 29.5 Å². The van der Waals surface area contributed by atoms with Crippen LogP contribution >= 0.6 is 15.9 Å². The zero-order valence-corrected chi connectivity index (χ0v) is 14.9. The average Bonchev–Trinajstić information content (AvgIpc) is 2.50. The second-order valence-electron chi connectivity index (χ2n) is 7.05. The maximum atomic E-state index is 6.25. The van der Waals surface area contributed by atoms with Crippen LogP contribution in [0.5, 0.6) is 0 Å². The fourth-order valence-corrected chi connectivity index (χ4v) is 4.73. The van der Waals surface area contributed by atoms with Crippen LogP contribution < -0.4 is 5.73 Å². The first kappa shape index (κ1) is 15.2. The topological polar surface area (TPSA) is 29.3 Å². The molecular weight excluding hydrogens is 348 g/mol. The Morgan fingerprint density at radius 2 is 1.96 bits per heavy atom. The molecule has 23 heavy (non-hydrogen) atoms. The maximum absolute atomic E-state index is 6.25. The number of hydrogen-bond acceptors (Lipinski definition) is 2. The van der Waals surface area contributed by atoms with Gasteiger partial charge >= 0.3 is 0 Å². The molecule has 2 unspecified atom stereocenters. The number of hydrogen-bond donors (Lipinski definition) is 1. The van der Waals surface area contributed by atoms with Crippen molar-refractivity contribution < 1.29 is 0 Å². The summed E-state index contributed by atoms with van der Waals surface area (Å²) in [6, 6.07) is 15.8. The van der Waals surface area contributed by atoms with Gasteiger partial charge in [-0.05, 0) is 66.5 Å². The van der Waals surface area contributed by atoms with Crippen LogP contribution in [0.2, 0.25) is 0 Å². The van der Waals surface area contributed by atoms with Gasteiger partial charge in [0.2, 0.25) is 0 Å². The van der Waals surface area contributed by atoms with Crippen molar-refractivity contribution in [2.45, 2.75) is 38.3 Å². The van der Waals surface area contributed by atoms with Gasteiger partial charge in [-0.1, -0.05) is 40.2 Å². The molecule has 2 nitrogen and oxygen atoms in total. The number of fused-ring (bicyclic) bond motifs is 2. The summed E-state index contributed by atoms with van der Waals surface area (Å²) >= 11 is 3.59. The highest BCUT2D eigenvalue weighted by molar-refractivity contribution is 9.10. The van der Waals surface area contributed by atoms with Crippen LogP contribution in [0.3, 0.4) is 0 Å². The first-order valence-corrected chi connectivity index (χ1v) is 9.33. The number of nitrogen functional groups attached to an aromatic ring is 1. The zero-order chi connectivity index (χ0) is 15.8. The standard InChI is InChI=1S/C20H23BrN2/c21-17-5-1-3-14(9-17)12-23-13-15-7-8-18(23)11-16-4-2-6-20(22)19(16)10-15/h1-6,9,15,18H,7-8,10-13,22H2. The first-order valence-electron chi connectivity index (χ1n) is 8.54. The third-order valence-corrected chi connectivity index (χ3v) is 5.94. The number of nitrogens with zero attached hydrogens (tertiary/aromatic N) is 1. The second-order valence-corrected chi connectivity index (χ2v) is 7.97. The number of anilines is 1. The smallest absolute Gasteiger partial charge is 0.0349 e. The summed E-state index contributed by atoms with van der Waals surface area (Å²) in [5.74, 6) is 0.738. The van der Waals surface area contributed by atoms with Crippen molar-refractivity contribution in [3.63, 3.8) is 0 Å². The van der Waals surface area contributed by atoms with Crippen LogP contribution in [0, 0.1) is 5.92 Å². The fourth-order valence-electron chi connectivity index (χ4n) is 4.28. The van der Waals surface area contributed by atoms with E-state index in [0.717, 1.165) is 31.0 Å². The Kier molecular flexibility index (Phi) is 4.16. The van der Waals surface area contributed by atoms with Gasteiger partial charge in [0, 0.05) is 29.3 Å². The van der Waals surface area contributed by atoms with Gasteiger partial charge in [-0.3, -0.25) is 4.90 Å². The van der Waals surface area contributed by atoms with Crippen molar-refractivity contribution in [1.29, 1.82) is 0 Å². The molecule has 2 aromatic rings. The predicted octanol–water partition coefficient (Wildman–Crippen LogP) is 4.41. The van der Waals surface area contributed by atoms with E-state index >= 15 is 0 Å². The molecule has 0 spiro atoms. The van der Waals surface area contributed by atoms with Crippen LogP contribution in [-0.2, 0) is 19.4 Å². The quantitative estimate of drug-likeness (QED) is 0.793. The predicted molar refractivity (Wildman–Crippen MR) is 99.3 cm³/mol. The van der Waals surface area contributed by atoms with Gasteiger partial charge in [-0.15, -0.1) is 0 Å². The number of halogens is 1. The summed E-state index contributed by atoms with van der Waals surface area (Å²) in [6.45, 7) is 2.25. The minimum absolute atomic E-state index is 0.645. The van der Waals surface area contributed by atoms with Crippen molar-refractivity contribution in [3.05, 3.63) is 63.6 Å². The number of benzene rings is 2. The van der Waals surface area contributed by atoms with Crippen LogP contribution in [0.25, 0.3) is 0 Å². The normalized spacial score (nSPS) is 24.0. The van der Waals surface area contributed by atoms with Gasteiger partial charge in [0.1, 0.15) is 0 Å². The van der Waals surface area contributed by atoms with Gasteiger partial charge < -0.3 is 5.73 Å². The molecule has 2 atom stereocenters. The molecule has 2 aliphatic heterocycles. The lowest BCUT2D eigenvalue weighted by atomic mass is 9.79. The molecule has 0 aromatic heterocycles. The zero-order valence-electron chi connectivity index (χ0n) is 13.3. The van der Waals surface area contributed by atoms with E-state index < -0.39 is 0 Å². The van der Waals surface area contributed by atoms with Gasteiger partial charge in [-0.2, -0.15) is 0 Å². The summed E-state index contributed by atoms with van der Waals surface area (Å²) in [4.78, 5) is 2.70. The lowest BCUT2D eigenvalue weighted by molar-refractivity contribution is 0.0939. The first-order chi connectivity index (χ1) is 11.2. The van der Waals surface area contributed by atoms with Crippen LogP contribution in [-0.4, -0.2) is 17.5 Å². The highest BCUT2D eigenvalue weighted by Gasteiger charge is 2.32. The molecular formula is C20H23BrN2. The SMILES string of the molecule is Nc1cccc2c1CC1CCC(C2)N(Cc2cccc(Br)c2)C1. The van der Waals surface area contributed by atoms with Gasteiger partial charge in [0.25, 0.3) is 0 Å². The van der Waals surface area contributed by atoms with Crippen molar-refractivity contribution in [1.82, 2.24) is 4.90 Å². The van der Waals surface area contributed by atoms with E-state index in [1.165, 1.54) is 40.5 Å². The lowest BCUT2D eigenvalue weighted by Crippen LogP contribution is -2.46. The lowest BCUT2D eigenvalue weighted by Gasteiger charge is -2.42. The molecule has 120 valence electrons. The molecule has 1 saturated heterocycles. The molecule has 0 radical (unpaired) electrons. The Labute approximate surface area is 146 Å². The fraction of sp³-hybridized carbons (Fsp3) is 0.400. The van der Waals surface area contributed by atoms with Gasteiger partial charge in [0.05, 0.1) is 0 Å². The van der Waals surface area contributed by atoms with E-state index in [2.05, 4.69) is 63.3 Å². The molecule has 2 N–H and O–H groups in total. The average molecular weight is 371 g/mol. The largest absolute Gasteiger partial charge is 0.398 e. The third-order valence-electron chi connectivity index (χ3n) is 5.45. The summed E-state index contributed by atoms with van der Waals surface area (Å²) in [5.41, 5.74) is 11.5. The van der Waals surface area contributed by atoms with Crippen molar-refractivity contribution in [2.24, 2.45) is 5.92 Å². The highest BCUT2D eigenvalue weighted by Crippen LogP contribution is 2.35. The highest BCUT2D eigenvalue weighted by atomic mass is 79.9. The van der Waals surface area contributed by atoms with E-state index in [1.54, 1.807) is 0 Å². The summed E-state index contributed by atoms with van der Waals surface area (Å²) in [7, 11) is 0. The van der Waals surface area contributed by atoms with Crippen molar-refractivity contribution in [3.8, 4) is 0 Å². The minimum Gasteiger partial charge on any atom is -0.398 e. The molecule has 1 fully saturated rings. The Hall–Kier alpha value is -1.32. The van der Waals surface area contributed by atoms with Crippen LogP contribution in [0.15, 0.2) is 46.9 Å². The Balaban J connectivity index is 1.60. The van der Waals surface area contributed by atoms with E-state index in [1.807, 2.05) is 0 Å². The molecule has 1 aliphatic carbocycles. The molecule has 3 heteroatoms. The van der Waals surface area contributed by atoms with E-state index in [9.17, 15) is 0 Å². The Bertz CT molecular complexity index is 713. The summed E-state index contributed by atoms with van der Waals surface area (Å²) in [5, 5.41) is 0. The molecule has 0 saturated carbocycles. The summed E-state index contributed by atoms with van der Waals surface area (Å²) in [6.07, 6.45) is 4.94. The minimum atomic E-state index is 0.645. The number of piperidine rings is 1. The number of rotatable bonds is 2.